The quantitative estimate of drug-likeness (QED) is 0.870. The van der Waals surface area contributed by atoms with Gasteiger partial charge in [0.1, 0.15) is 11.4 Å². The third-order valence-corrected chi connectivity index (χ3v) is 3.50. The van der Waals surface area contributed by atoms with Crippen molar-refractivity contribution in [3.8, 4) is 5.75 Å². The van der Waals surface area contributed by atoms with Crippen LogP contribution in [0, 0.1) is 0 Å². The van der Waals surface area contributed by atoms with E-state index in [1.54, 1.807) is 7.11 Å². The van der Waals surface area contributed by atoms with Gasteiger partial charge in [0.15, 0.2) is 0 Å². The van der Waals surface area contributed by atoms with Gasteiger partial charge in [-0.25, -0.2) is 0 Å². The Bertz CT molecular complexity index is 403. The van der Waals surface area contributed by atoms with Crippen molar-refractivity contribution < 1.29 is 9.47 Å². The zero-order valence-corrected chi connectivity index (χ0v) is 11.7. The van der Waals surface area contributed by atoms with Crippen LogP contribution in [0.15, 0.2) is 24.3 Å². The van der Waals surface area contributed by atoms with Crippen LogP contribution in [-0.2, 0) is 4.74 Å². The number of methoxy groups -OCH3 is 1. The molecule has 0 saturated heterocycles. The molecule has 3 nitrogen and oxygen atoms in total. The second-order valence-electron chi connectivity index (χ2n) is 5.53. The summed E-state index contributed by atoms with van der Waals surface area (Å²) >= 11 is 0. The predicted octanol–water partition coefficient (Wildman–Crippen LogP) is 2.91. The molecule has 0 aliphatic carbocycles. The zero-order chi connectivity index (χ0) is 13.2. The van der Waals surface area contributed by atoms with E-state index in [0.717, 1.165) is 18.8 Å². The van der Waals surface area contributed by atoms with Gasteiger partial charge in [-0.05, 0) is 33.3 Å². The monoisotopic (exact) mass is 249 g/mol. The predicted molar refractivity (Wildman–Crippen MR) is 73.0 cm³/mol. The Morgan fingerprint density at radius 3 is 2.83 bits per heavy atom. The molecule has 0 radical (unpaired) electrons. The summed E-state index contributed by atoms with van der Waals surface area (Å²) in [7, 11) is 1.74. The number of hydrogen-bond acceptors (Lipinski definition) is 3. The van der Waals surface area contributed by atoms with E-state index in [2.05, 4.69) is 38.2 Å². The lowest BCUT2D eigenvalue weighted by atomic mass is 9.93. The molecule has 0 bridgehead atoms. The van der Waals surface area contributed by atoms with E-state index >= 15 is 0 Å². The first-order valence-corrected chi connectivity index (χ1v) is 6.57. The molecule has 1 aromatic rings. The van der Waals surface area contributed by atoms with E-state index < -0.39 is 0 Å². The molecule has 0 spiro atoms. The van der Waals surface area contributed by atoms with Crippen molar-refractivity contribution in [1.82, 2.24) is 5.32 Å². The molecule has 1 N–H and O–H groups in total. The number of para-hydroxylation sites is 1. The molecular weight excluding hydrogens is 226 g/mol. The molecule has 2 atom stereocenters. The fraction of sp³-hybridized carbons (Fsp3) is 0.600. The minimum absolute atomic E-state index is 0.203. The van der Waals surface area contributed by atoms with Crippen molar-refractivity contribution in [2.75, 3.05) is 13.7 Å². The summed E-state index contributed by atoms with van der Waals surface area (Å²) in [6, 6.07) is 8.91. The largest absolute Gasteiger partial charge is 0.486 e. The van der Waals surface area contributed by atoms with E-state index in [4.69, 9.17) is 9.47 Å². The van der Waals surface area contributed by atoms with Crippen molar-refractivity contribution in [1.29, 1.82) is 0 Å². The first kappa shape index (κ1) is 13.4. The van der Waals surface area contributed by atoms with Gasteiger partial charge in [0.05, 0.1) is 6.04 Å². The van der Waals surface area contributed by atoms with Crippen molar-refractivity contribution in [2.24, 2.45) is 0 Å². The summed E-state index contributed by atoms with van der Waals surface area (Å²) in [5, 5.41) is 3.66. The molecule has 3 heteroatoms. The normalized spacial score (nSPS) is 22.3. The van der Waals surface area contributed by atoms with Crippen LogP contribution in [0.4, 0.5) is 0 Å². The lowest BCUT2D eigenvalue weighted by Crippen LogP contribution is -2.43. The molecule has 100 valence electrons. The maximum Gasteiger partial charge on any atom is 0.125 e. The summed E-state index contributed by atoms with van der Waals surface area (Å²) in [5.74, 6) is 0.999. The first-order valence-electron chi connectivity index (χ1n) is 6.57. The molecule has 0 amide bonds. The number of benzene rings is 1. The molecule has 0 fully saturated rings. The highest BCUT2D eigenvalue weighted by Crippen LogP contribution is 2.42. The Labute approximate surface area is 109 Å². The summed E-state index contributed by atoms with van der Waals surface area (Å²) < 4.78 is 11.1. The highest BCUT2D eigenvalue weighted by Gasteiger charge is 2.41. The number of rotatable bonds is 5. The summed E-state index contributed by atoms with van der Waals surface area (Å²) in [5.41, 5.74) is 1.05. The van der Waals surface area contributed by atoms with Crippen molar-refractivity contribution >= 4 is 0 Å². The van der Waals surface area contributed by atoms with Gasteiger partial charge in [-0.1, -0.05) is 18.2 Å². The zero-order valence-electron chi connectivity index (χ0n) is 11.7. The minimum Gasteiger partial charge on any atom is -0.486 e. The van der Waals surface area contributed by atoms with E-state index in [1.807, 2.05) is 12.1 Å². The molecule has 18 heavy (non-hydrogen) atoms. The van der Waals surface area contributed by atoms with Crippen LogP contribution >= 0.6 is 0 Å². The topological polar surface area (TPSA) is 30.5 Å². The molecule has 1 aliphatic heterocycles. The van der Waals surface area contributed by atoms with Gasteiger partial charge in [-0.15, -0.1) is 0 Å². The van der Waals surface area contributed by atoms with Crippen LogP contribution in [0.2, 0.25) is 0 Å². The van der Waals surface area contributed by atoms with Crippen molar-refractivity contribution in [3.63, 3.8) is 0 Å². The lowest BCUT2D eigenvalue weighted by Gasteiger charge is -2.30. The average molecular weight is 249 g/mol. The third-order valence-electron chi connectivity index (χ3n) is 3.50. The van der Waals surface area contributed by atoms with Gasteiger partial charge >= 0.3 is 0 Å². The molecule has 0 saturated carbocycles. The van der Waals surface area contributed by atoms with Gasteiger partial charge in [0.2, 0.25) is 0 Å². The van der Waals surface area contributed by atoms with Crippen molar-refractivity contribution in [3.05, 3.63) is 29.8 Å². The van der Waals surface area contributed by atoms with Crippen LogP contribution in [0.25, 0.3) is 0 Å². The van der Waals surface area contributed by atoms with E-state index in [0.29, 0.717) is 6.04 Å². The van der Waals surface area contributed by atoms with E-state index in [9.17, 15) is 0 Å². The maximum absolute atomic E-state index is 6.02. The van der Waals surface area contributed by atoms with Crippen LogP contribution in [0.1, 0.15) is 38.8 Å². The Hall–Kier alpha value is -1.06. The molecule has 1 aromatic carbocycles. The van der Waals surface area contributed by atoms with Crippen LogP contribution in [0.3, 0.4) is 0 Å². The maximum atomic E-state index is 6.02. The van der Waals surface area contributed by atoms with Crippen LogP contribution in [0.5, 0.6) is 5.75 Å². The summed E-state index contributed by atoms with van der Waals surface area (Å²) in [4.78, 5) is 0. The summed E-state index contributed by atoms with van der Waals surface area (Å²) in [6.07, 6.45) is 1.01. The van der Waals surface area contributed by atoms with Crippen molar-refractivity contribution in [2.45, 2.75) is 44.9 Å². The lowest BCUT2D eigenvalue weighted by molar-refractivity contribution is 0.0883. The number of hydrogen-bond donors (Lipinski definition) is 1. The summed E-state index contributed by atoms with van der Waals surface area (Å²) in [6.45, 7) is 7.24. The Kier molecular flexibility index (Phi) is 3.93. The standard InChI is InChI=1S/C15H23NO2/c1-11(9-10-17-4)16-14-12-7-5-6-8-13(12)18-15(14,2)3/h5-8,11,14,16H,9-10H2,1-4H3. The molecule has 1 heterocycles. The third kappa shape index (κ3) is 2.68. The molecule has 2 unspecified atom stereocenters. The van der Waals surface area contributed by atoms with Gasteiger partial charge < -0.3 is 14.8 Å². The van der Waals surface area contributed by atoms with Gasteiger partial charge in [0, 0.05) is 25.3 Å². The minimum atomic E-state index is -0.203. The molecular formula is C15H23NO2. The Morgan fingerprint density at radius 1 is 1.39 bits per heavy atom. The first-order chi connectivity index (χ1) is 8.54. The highest BCUT2D eigenvalue weighted by atomic mass is 16.5. The smallest absolute Gasteiger partial charge is 0.125 e. The van der Waals surface area contributed by atoms with E-state index in [1.165, 1.54) is 5.56 Å². The molecule has 1 aliphatic rings. The second-order valence-corrected chi connectivity index (χ2v) is 5.53. The highest BCUT2D eigenvalue weighted by molar-refractivity contribution is 5.42. The van der Waals surface area contributed by atoms with Crippen LogP contribution in [-0.4, -0.2) is 25.4 Å². The van der Waals surface area contributed by atoms with E-state index in [-0.39, 0.29) is 11.6 Å². The molecule has 0 aromatic heterocycles. The number of ether oxygens (including phenoxy) is 2. The number of fused-ring (bicyclic) bond motifs is 1. The Morgan fingerprint density at radius 2 is 2.11 bits per heavy atom. The molecule has 2 rings (SSSR count). The second kappa shape index (κ2) is 5.29. The van der Waals surface area contributed by atoms with Gasteiger partial charge in [0.25, 0.3) is 0 Å². The average Bonchev–Trinajstić information content (AvgIpc) is 2.58. The van der Waals surface area contributed by atoms with Gasteiger partial charge in [-0.3, -0.25) is 0 Å². The fourth-order valence-corrected chi connectivity index (χ4v) is 2.48. The Balaban J connectivity index is 2.11. The fourth-order valence-electron chi connectivity index (χ4n) is 2.48. The van der Waals surface area contributed by atoms with Gasteiger partial charge in [-0.2, -0.15) is 0 Å². The van der Waals surface area contributed by atoms with Crippen LogP contribution < -0.4 is 10.1 Å². The number of nitrogens with one attached hydrogen (secondary N) is 1. The SMILES string of the molecule is COCCC(C)NC1c2ccccc2OC1(C)C.